The Kier molecular flexibility index (Phi) is 4.42. The lowest BCUT2D eigenvalue weighted by atomic mass is 10.4. The van der Waals surface area contributed by atoms with Crippen LogP contribution in [-0.4, -0.2) is 22.9 Å². The fraction of sp³-hybridized carbons (Fsp3) is 0.111. The Labute approximate surface area is 92.0 Å². The summed E-state index contributed by atoms with van der Waals surface area (Å²) in [5.41, 5.74) is 2.24. The van der Waals surface area contributed by atoms with E-state index in [1.54, 1.807) is 0 Å². The molecule has 0 fully saturated rings. The van der Waals surface area contributed by atoms with Gasteiger partial charge in [-0.2, -0.15) is 5.06 Å². The van der Waals surface area contributed by atoms with Crippen molar-refractivity contribution in [2.75, 3.05) is 7.05 Å². The van der Waals surface area contributed by atoms with Crippen molar-refractivity contribution >= 4 is 34.8 Å². The maximum Gasteiger partial charge on any atom is 0.396 e. The molecule has 5 heteroatoms. The summed E-state index contributed by atoms with van der Waals surface area (Å²) in [4.78, 5) is 16.8. The van der Waals surface area contributed by atoms with E-state index in [0.29, 0.717) is 0 Å². The van der Waals surface area contributed by atoms with Crippen LogP contribution < -0.4 is 0 Å². The van der Waals surface area contributed by atoms with Crippen molar-refractivity contribution < 1.29 is 9.63 Å². The number of nitrogens with zero attached hydrogens (tertiary/aromatic N) is 1. The number of carbonyl (C=O) groups is 1. The minimum atomic E-state index is -0.434. The number of benzene rings is 1. The van der Waals surface area contributed by atoms with Gasteiger partial charge in [0.25, 0.3) is 0 Å². The van der Waals surface area contributed by atoms with E-state index in [2.05, 4.69) is 17.7 Å². The summed E-state index contributed by atoms with van der Waals surface area (Å²) >= 11 is 5.45. The van der Waals surface area contributed by atoms with E-state index >= 15 is 0 Å². The maximum absolute atomic E-state index is 11.2. The van der Waals surface area contributed by atoms with E-state index in [-0.39, 0.29) is 0 Å². The zero-order valence-corrected chi connectivity index (χ0v) is 9.10. The number of rotatable bonds is 3. The van der Waals surface area contributed by atoms with E-state index in [0.717, 1.165) is 21.7 Å². The van der Waals surface area contributed by atoms with Gasteiger partial charge in [0.15, 0.2) is 5.49 Å². The molecule has 0 unspecified atom stereocenters. The highest BCUT2D eigenvalue weighted by Crippen LogP contribution is 2.19. The average molecular weight is 226 g/mol. The predicted molar refractivity (Wildman–Crippen MR) is 59.1 cm³/mol. The van der Waals surface area contributed by atoms with Gasteiger partial charge in [-0.15, -0.1) is 0 Å². The topological polar surface area (TPSA) is 29.5 Å². The number of hydrogen-bond acceptors (Lipinski definition) is 4. The molecule has 0 bridgehead atoms. The van der Waals surface area contributed by atoms with Crippen LogP contribution in [0.3, 0.4) is 0 Å². The van der Waals surface area contributed by atoms with Crippen molar-refractivity contribution in [3.8, 4) is 0 Å². The maximum atomic E-state index is 11.2. The molecule has 0 aromatic heterocycles. The second-order valence-corrected chi connectivity index (χ2v) is 3.54. The zero-order chi connectivity index (χ0) is 10.4. The molecule has 0 aliphatic rings. The summed E-state index contributed by atoms with van der Waals surface area (Å²) in [6, 6.07) is 9.24. The zero-order valence-electron chi connectivity index (χ0n) is 7.47. The number of thioether (sulfide) groups is 1. The molecule has 0 spiro atoms. The molecule has 0 aliphatic heterocycles. The van der Waals surface area contributed by atoms with Gasteiger partial charge in [-0.1, -0.05) is 30.4 Å². The van der Waals surface area contributed by atoms with Crippen LogP contribution in [0.15, 0.2) is 35.2 Å². The Balaban J connectivity index is 2.46. The van der Waals surface area contributed by atoms with Gasteiger partial charge in [0.2, 0.25) is 0 Å². The highest BCUT2D eigenvalue weighted by Gasteiger charge is 2.07. The molecule has 1 aromatic carbocycles. The van der Waals surface area contributed by atoms with E-state index in [9.17, 15) is 4.79 Å². The molecule has 0 atom stereocenters. The molecular formula is C9H8NO2S2. The van der Waals surface area contributed by atoms with Gasteiger partial charge in [-0.3, -0.25) is 0 Å². The summed E-state index contributed by atoms with van der Waals surface area (Å²) in [6.07, 6.45) is 0. The van der Waals surface area contributed by atoms with Gasteiger partial charge in [0.1, 0.15) is 0 Å². The molecular weight excluding hydrogens is 218 g/mol. The van der Waals surface area contributed by atoms with Crippen LogP contribution in [0.5, 0.6) is 0 Å². The van der Waals surface area contributed by atoms with E-state index in [1.165, 1.54) is 7.05 Å². The fourth-order valence-electron chi connectivity index (χ4n) is 0.734. The fourth-order valence-corrected chi connectivity index (χ4v) is 1.41. The average Bonchev–Trinajstić information content (AvgIpc) is 2.19. The van der Waals surface area contributed by atoms with Gasteiger partial charge in [0, 0.05) is 11.9 Å². The Morgan fingerprint density at radius 3 is 2.71 bits per heavy atom. The molecule has 0 aliphatic carbocycles. The summed E-state index contributed by atoms with van der Waals surface area (Å²) in [7, 11) is 1.51. The third-order valence-electron chi connectivity index (χ3n) is 1.28. The molecule has 0 amide bonds. The lowest BCUT2D eigenvalue weighted by molar-refractivity contribution is 0.0108. The van der Waals surface area contributed by atoms with E-state index in [4.69, 9.17) is 4.84 Å². The van der Waals surface area contributed by atoms with Crippen LogP contribution >= 0.6 is 24.0 Å². The third kappa shape index (κ3) is 3.76. The minimum Gasteiger partial charge on any atom is -0.329 e. The van der Waals surface area contributed by atoms with Gasteiger partial charge in [0.05, 0.1) is 0 Å². The predicted octanol–water partition coefficient (Wildman–Crippen LogP) is 2.60. The molecule has 73 valence electrons. The van der Waals surface area contributed by atoms with Crippen molar-refractivity contribution in [2.45, 2.75) is 4.90 Å². The highest BCUT2D eigenvalue weighted by atomic mass is 32.2. The molecule has 14 heavy (non-hydrogen) atoms. The smallest absolute Gasteiger partial charge is 0.329 e. The molecule has 0 heterocycles. The first kappa shape index (κ1) is 11.0. The Morgan fingerprint density at radius 1 is 1.50 bits per heavy atom. The minimum absolute atomic E-state index is 0.434. The quantitative estimate of drug-likeness (QED) is 0.342. The van der Waals surface area contributed by atoms with Crippen molar-refractivity contribution in [2.24, 2.45) is 0 Å². The number of hydrogen-bond donors (Lipinski definition) is 0. The summed E-state index contributed by atoms with van der Waals surface area (Å²) in [5, 5.41) is 0.629. The first-order valence-corrected chi connectivity index (χ1v) is 5.01. The number of hydroxylamine groups is 2. The van der Waals surface area contributed by atoms with Gasteiger partial charge in [-0.05, 0) is 23.9 Å². The molecule has 0 N–H and O–H groups in total. The highest BCUT2D eigenvalue weighted by molar-refractivity contribution is 8.13. The van der Waals surface area contributed by atoms with Crippen LogP contribution in [0.1, 0.15) is 0 Å². The third-order valence-corrected chi connectivity index (χ3v) is 2.29. The van der Waals surface area contributed by atoms with Gasteiger partial charge >= 0.3 is 5.30 Å². The Bertz CT molecular complexity index is 316. The normalized spacial score (nSPS) is 9.21. The lowest BCUT2D eigenvalue weighted by Gasteiger charge is -2.09. The molecule has 3 nitrogen and oxygen atoms in total. The van der Waals surface area contributed by atoms with Gasteiger partial charge < -0.3 is 4.84 Å². The number of carbonyl (C=O) groups excluding carboxylic acids is 1. The largest absolute Gasteiger partial charge is 0.396 e. The standard InChI is InChI=1S/C9H8NO2S2/c1-10(7-13)12-9(11)14-8-5-3-2-4-6-8/h2-6H,1H3. The van der Waals surface area contributed by atoms with Crippen LogP contribution in [0, 0.1) is 0 Å². The van der Waals surface area contributed by atoms with Crippen molar-refractivity contribution in [1.82, 2.24) is 5.06 Å². The van der Waals surface area contributed by atoms with Crippen LogP contribution in [0.25, 0.3) is 0 Å². The summed E-state index contributed by atoms with van der Waals surface area (Å²) in [5.74, 6) is 0. The summed E-state index contributed by atoms with van der Waals surface area (Å²) < 4.78 is 0. The number of thiocarbonyl (C=S) groups is 1. The van der Waals surface area contributed by atoms with E-state index < -0.39 is 5.30 Å². The van der Waals surface area contributed by atoms with Gasteiger partial charge in [-0.25, -0.2) is 4.79 Å². The summed E-state index contributed by atoms with van der Waals surface area (Å²) in [6.45, 7) is 0. The second-order valence-electron chi connectivity index (χ2n) is 2.35. The Hall–Kier alpha value is -1.07. The van der Waals surface area contributed by atoms with Crippen LogP contribution in [-0.2, 0) is 4.84 Å². The van der Waals surface area contributed by atoms with E-state index in [1.807, 2.05) is 30.3 Å². The van der Waals surface area contributed by atoms with Crippen molar-refractivity contribution in [3.05, 3.63) is 30.3 Å². The van der Waals surface area contributed by atoms with Crippen LogP contribution in [0.4, 0.5) is 4.79 Å². The van der Waals surface area contributed by atoms with Crippen LogP contribution in [0.2, 0.25) is 0 Å². The Morgan fingerprint density at radius 2 is 2.14 bits per heavy atom. The molecule has 1 rings (SSSR count). The second kappa shape index (κ2) is 5.62. The van der Waals surface area contributed by atoms with Crippen molar-refractivity contribution in [3.63, 3.8) is 0 Å². The molecule has 0 saturated heterocycles. The van der Waals surface area contributed by atoms with Crippen molar-refractivity contribution in [1.29, 1.82) is 0 Å². The molecule has 0 saturated carbocycles. The first-order chi connectivity index (χ1) is 6.72. The first-order valence-electron chi connectivity index (χ1n) is 3.78. The molecule has 1 radical (unpaired) electrons. The monoisotopic (exact) mass is 226 g/mol. The lowest BCUT2D eigenvalue weighted by Crippen LogP contribution is -2.17. The SMILES string of the molecule is CN([C]=S)OC(=O)Sc1ccccc1. The molecule has 1 aromatic rings.